The molecule has 0 aromatic rings. The summed E-state index contributed by atoms with van der Waals surface area (Å²) in [5.74, 6) is -1.05. The number of allylic oxidation sites excluding steroid dienone is 6. The number of likely N-dealkylation sites (N-methyl/N-ethyl adjacent to an activating group) is 1. The molecule has 0 fully saturated rings. The lowest BCUT2D eigenvalue weighted by molar-refractivity contribution is -0.143. The molecule has 0 unspecified atom stereocenters. The van der Waals surface area contributed by atoms with Gasteiger partial charge in [0.2, 0.25) is 5.91 Å². The molecule has 4 heteroatoms. The predicted molar refractivity (Wildman–Crippen MR) is 105 cm³/mol. The van der Waals surface area contributed by atoms with E-state index >= 15 is 0 Å². The molecule has 0 aliphatic rings. The van der Waals surface area contributed by atoms with E-state index in [0.717, 1.165) is 44.9 Å². The summed E-state index contributed by atoms with van der Waals surface area (Å²) in [6.45, 7) is 1.93. The number of unbranched alkanes of at least 4 members (excludes halogenated alkanes) is 5. The molecule has 0 atom stereocenters. The van der Waals surface area contributed by atoms with Gasteiger partial charge in [0.05, 0.1) is 0 Å². The summed E-state index contributed by atoms with van der Waals surface area (Å²) in [7, 11) is 1.54. The fraction of sp³-hybridized carbons (Fsp3) is 0.619. The van der Waals surface area contributed by atoms with E-state index in [1.54, 1.807) is 7.05 Å². The molecule has 0 aliphatic heterocycles. The van der Waals surface area contributed by atoms with E-state index < -0.39 is 5.97 Å². The number of nitrogens with zero attached hydrogens (tertiary/aromatic N) is 1. The Morgan fingerprint density at radius 3 is 2.04 bits per heavy atom. The fourth-order valence-corrected chi connectivity index (χ4v) is 2.38. The standard InChI is InChI=1S/C21H35NO3/c1-3-4-5-6-7-8-9-10-11-12-13-14-15-16-17-18-20(23)22(2)19-21(24)25/h4-5,7-8,10-11H,3,6,9,12-19H2,1-2H3,(H,24,25)/b5-4-,8-7-,11-10-. The van der Waals surface area contributed by atoms with Crippen molar-refractivity contribution in [1.29, 1.82) is 0 Å². The number of hydrogen-bond donors (Lipinski definition) is 1. The highest BCUT2D eigenvalue weighted by Crippen LogP contribution is 2.09. The van der Waals surface area contributed by atoms with Crippen LogP contribution in [-0.2, 0) is 9.59 Å². The third kappa shape index (κ3) is 16.8. The van der Waals surface area contributed by atoms with Crippen molar-refractivity contribution in [3.05, 3.63) is 36.5 Å². The van der Waals surface area contributed by atoms with Gasteiger partial charge >= 0.3 is 5.97 Å². The van der Waals surface area contributed by atoms with Crippen LogP contribution in [0.15, 0.2) is 36.5 Å². The number of carbonyl (C=O) groups is 2. The highest BCUT2D eigenvalue weighted by atomic mass is 16.4. The Morgan fingerprint density at radius 1 is 0.840 bits per heavy atom. The van der Waals surface area contributed by atoms with Crippen LogP contribution in [0.1, 0.15) is 71.1 Å². The summed E-state index contributed by atoms with van der Waals surface area (Å²) < 4.78 is 0. The van der Waals surface area contributed by atoms with Crippen molar-refractivity contribution in [2.75, 3.05) is 13.6 Å². The number of carboxylic acids is 1. The molecule has 0 spiro atoms. The molecule has 0 aromatic carbocycles. The Balaban J connectivity index is 3.44. The monoisotopic (exact) mass is 349 g/mol. The van der Waals surface area contributed by atoms with Crippen LogP contribution in [0.5, 0.6) is 0 Å². The van der Waals surface area contributed by atoms with E-state index in [9.17, 15) is 9.59 Å². The van der Waals surface area contributed by atoms with Gasteiger partial charge in [0.15, 0.2) is 0 Å². The van der Waals surface area contributed by atoms with Crippen molar-refractivity contribution in [3.8, 4) is 0 Å². The smallest absolute Gasteiger partial charge is 0.323 e. The van der Waals surface area contributed by atoms with E-state index in [-0.39, 0.29) is 12.5 Å². The summed E-state index contributed by atoms with van der Waals surface area (Å²) >= 11 is 0. The molecule has 0 saturated carbocycles. The minimum atomic E-state index is -0.965. The number of hydrogen-bond acceptors (Lipinski definition) is 2. The molecule has 0 bridgehead atoms. The first kappa shape index (κ1) is 23.2. The van der Waals surface area contributed by atoms with Gasteiger partial charge in [0.25, 0.3) is 0 Å². The van der Waals surface area contributed by atoms with Gasteiger partial charge in [-0.2, -0.15) is 0 Å². The number of rotatable bonds is 15. The average Bonchev–Trinajstić information content (AvgIpc) is 2.57. The van der Waals surface area contributed by atoms with Crippen molar-refractivity contribution >= 4 is 11.9 Å². The quantitative estimate of drug-likeness (QED) is 0.330. The molecule has 0 heterocycles. The maximum Gasteiger partial charge on any atom is 0.323 e. The van der Waals surface area contributed by atoms with Gasteiger partial charge in [-0.3, -0.25) is 9.59 Å². The molecule has 1 amide bonds. The van der Waals surface area contributed by atoms with Gasteiger partial charge in [-0.25, -0.2) is 0 Å². The number of carbonyl (C=O) groups excluding carboxylic acids is 1. The lowest BCUT2D eigenvalue weighted by Crippen LogP contribution is -2.31. The van der Waals surface area contributed by atoms with Crippen LogP contribution >= 0.6 is 0 Å². The topological polar surface area (TPSA) is 57.6 Å². The van der Waals surface area contributed by atoms with Gasteiger partial charge in [0.1, 0.15) is 6.54 Å². The van der Waals surface area contributed by atoms with E-state index in [1.165, 1.54) is 17.7 Å². The molecule has 0 aromatic heterocycles. The van der Waals surface area contributed by atoms with Gasteiger partial charge in [0, 0.05) is 13.5 Å². The third-order valence-corrected chi connectivity index (χ3v) is 3.84. The van der Waals surface area contributed by atoms with Crippen LogP contribution in [-0.4, -0.2) is 35.5 Å². The van der Waals surface area contributed by atoms with E-state index in [0.29, 0.717) is 6.42 Å². The lowest BCUT2D eigenvalue weighted by Gasteiger charge is -2.14. The van der Waals surface area contributed by atoms with E-state index in [4.69, 9.17) is 5.11 Å². The lowest BCUT2D eigenvalue weighted by atomic mass is 10.1. The van der Waals surface area contributed by atoms with Gasteiger partial charge < -0.3 is 10.0 Å². The largest absolute Gasteiger partial charge is 0.480 e. The molecule has 1 N–H and O–H groups in total. The van der Waals surface area contributed by atoms with Crippen molar-refractivity contribution < 1.29 is 14.7 Å². The van der Waals surface area contributed by atoms with E-state index in [2.05, 4.69) is 43.4 Å². The average molecular weight is 350 g/mol. The summed E-state index contributed by atoms with van der Waals surface area (Å²) in [6.07, 6.45) is 23.3. The molecule has 0 saturated heterocycles. The van der Waals surface area contributed by atoms with Gasteiger partial charge in [-0.05, 0) is 38.5 Å². The Morgan fingerprint density at radius 2 is 1.40 bits per heavy atom. The zero-order valence-electron chi connectivity index (χ0n) is 16.0. The summed E-state index contributed by atoms with van der Waals surface area (Å²) in [5.41, 5.74) is 0. The fourth-order valence-electron chi connectivity index (χ4n) is 2.38. The highest BCUT2D eigenvalue weighted by molar-refractivity contribution is 5.80. The number of aliphatic carboxylic acids is 1. The van der Waals surface area contributed by atoms with Crippen LogP contribution in [0, 0.1) is 0 Å². The summed E-state index contributed by atoms with van der Waals surface area (Å²) in [6, 6.07) is 0. The summed E-state index contributed by atoms with van der Waals surface area (Å²) in [4.78, 5) is 23.5. The molecule has 0 rings (SSSR count). The Labute approximate surface area is 153 Å². The van der Waals surface area contributed by atoms with Crippen LogP contribution in [0.4, 0.5) is 0 Å². The van der Waals surface area contributed by atoms with E-state index in [1.807, 2.05) is 0 Å². The molecule has 4 nitrogen and oxygen atoms in total. The first-order chi connectivity index (χ1) is 12.1. The summed E-state index contributed by atoms with van der Waals surface area (Å²) in [5, 5.41) is 8.63. The van der Waals surface area contributed by atoms with Crippen molar-refractivity contribution in [2.45, 2.75) is 71.1 Å². The molecule has 142 valence electrons. The minimum Gasteiger partial charge on any atom is -0.480 e. The van der Waals surface area contributed by atoms with Gasteiger partial charge in [-0.1, -0.05) is 62.6 Å². The number of amides is 1. The van der Waals surface area contributed by atoms with Crippen LogP contribution in [0.3, 0.4) is 0 Å². The first-order valence-electron chi connectivity index (χ1n) is 9.48. The second kappa shape index (κ2) is 17.0. The van der Waals surface area contributed by atoms with Crippen molar-refractivity contribution in [1.82, 2.24) is 4.90 Å². The zero-order valence-corrected chi connectivity index (χ0v) is 16.0. The maximum atomic E-state index is 11.7. The molecular formula is C21H35NO3. The highest BCUT2D eigenvalue weighted by Gasteiger charge is 2.10. The Hall–Kier alpha value is -1.84. The first-order valence-corrected chi connectivity index (χ1v) is 9.48. The normalized spacial score (nSPS) is 11.8. The molecule has 0 radical (unpaired) electrons. The Bertz CT molecular complexity index is 438. The second-order valence-electron chi connectivity index (χ2n) is 6.24. The number of carboxylic acid groups (broad SMARTS) is 1. The van der Waals surface area contributed by atoms with Crippen molar-refractivity contribution in [3.63, 3.8) is 0 Å². The third-order valence-electron chi connectivity index (χ3n) is 3.84. The predicted octanol–water partition coefficient (Wildman–Crippen LogP) is 5.12. The Kier molecular flexibility index (Phi) is 15.7. The zero-order chi connectivity index (χ0) is 18.8. The molecule has 25 heavy (non-hydrogen) atoms. The molecular weight excluding hydrogens is 314 g/mol. The van der Waals surface area contributed by atoms with Gasteiger partial charge in [-0.15, -0.1) is 0 Å². The van der Waals surface area contributed by atoms with Crippen LogP contribution in [0.2, 0.25) is 0 Å². The molecule has 0 aliphatic carbocycles. The minimum absolute atomic E-state index is 0.0800. The maximum absolute atomic E-state index is 11.7. The van der Waals surface area contributed by atoms with Crippen LogP contribution < -0.4 is 0 Å². The SMILES string of the molecule is CC/C=C\C/C=C\C/C=C\CCCCCCCC(=O)N(C)CC(=O)O. The van der Waals surface area contributed by atoms with Crippen molar-refractivity contribution in [2.24, 2.45) is 0 Å². The second-order valence-corrected chi connectivity index (χ2v) is 6.24. The van der Waals surface area contributed by atoms with Crippen LogP contribution in [0.25, 0.3) is 0 Å².